The van der Waals surface area contributed by atoms with E-state index in [1.54, 1.807) is 6.20 Å². The van der Waals surface area contributed by atoms with Gasteiger partial charge in [0.25, 0.3) is 5.91 Å². The lowest BCUT2D eigenvalue weighted by Crippen LogP contribution is -2.20. The van der Waals surface area contributed by atoms with Gasteiger partial charge in [-0.15, -0.1) is 0 Å². The Kier molecular flexibility index (Phi) is 5.51. The third-order valence-electron chi connectivity index (χ3n) is 3.84. The van der Waals surface area contributed by atoms with Crippen molar-refractivity contribution in [3.05, 3.63) is 65.9 Å². The van der Waals surface area contributed by atoms with Gasteiger partial charge < -0.3 is 19.9 Å². The molecular formula is C20H18N2O5. The first-order chi connectivity index (χ1) is 13.1. The van der Waals surface area contributed by atoms with Crippen molar-refractivity contribution in [3.8, 4) is 11.5 Å². The molecule has 0 fully saturated rings. The largest absolute Gasteiger partial charge is 0.493 e. The number of para-hydroxylation sites is 1. The number of primary amides is 1. The van der Waals surface area contributed by atoms with Gasteiger partial charge in [-0.05, 0) is 24.3 Å². The quantitative estimate of drug-likeness (QED) is 0.645. The summed E-state index contributed by atoms with van der Waals surface area (Å²) in [5, 5.41) is 0.976. The molecule has 0 atom stereocenters. The molecule has 1 aromatic heterocycles. The summed E-state index contributed by atoms with van der Waals surface area (Å²) in [4.78, 5) is 27.6. The fourth-order valence-electron chi connectivity index (χ4n) is 2.57. The zero-order valence-corrected chi connectivity index (χ0v) is 14.7. The van der Waals surface area contributed by atoms with Crippen LogP contribution in [0.3, 0.4) is 0 Å². The van der Waals surface area contributed by atoms with Gasteiger partial charge in [0.05, 0.1) is 18.2 Å². The molecule has 138 valence electrons. The Hall–Kier alpha value is -3.61. The Bertz CT molecular complexity index is 982. The second-order valence-electron chi connectivity index (χ2n) is 5.69. The predicted octanol–water partition coefficient (Wildman–Crippen LogP) is 2.46. The first-order valence-corrected chi connectivity index (χ1v) is 8.17. The number of rotatable bonds is 7. The van der Waals surface area contributed by atoms with Crippen molar-refractivity contribution in [2.75, 3.05) is 13.7 Å². The van der Waals surface area contributed by atoms with Crippen LogP contribution in [0.1, 0.15) is 15.9 Å². The number of aromatic nitrogens is 1. The number of carbonyl (C=O) groups excluding carboxylic acids is 2. The van der Waals surface area contributed by atoms with Crippen LogP contribution in [0.2, 0.25) is 0 Å². The molecular weight excluding hydrogens is 348 g/mol. The normalized spacial score (nSPS) is 10.4. The Morgan fingerprint density at radius 3 is 2.67 bits per heavy atom. The smallest absolute Gasteiger partial charge is 0.338 e. The lowest BCUT2D eigenvalue weighted by molar-refractivity contribution is -0.119. The summed E-state index contributed by atoms with van der Waals surface area (Å²) in [6.07, 6.45) is 1.70. The number of amides is 1. The van der Waals surface area contributed by atoms with E-state index < -0.39 is 11.9 Å². The summed E-state index contributed by atoms with van der Waals surface area (Å²) in [7, 11) is 1.43. The second kappa shape index (κ2) is 8.18. The van der Waals surface area contributed by atoms with E-state index in [0.29, 0.717) is 17.1 Å². The minimum Gasteiger partial charge on any atom is -0.493 e. The SMILES string of the molecule is COc1cc(C(=O)OCc2cccc3cccnc23)ccc1OCC(N)=O. The van der Waals surface area contributed by atoms with E-state index in [4.69, 9.17) is 19.9 Å². The highest BCUT2D eigenvalue weighted by molar-refractivity contribution is 5.90. The molecule has 27 heavy (non-hydrogen) atoms. The molecule has 0 saturated carbocycles. The number of hydrogen-bond donors (Lipinski definition) is 1. The molecule has 0 spiro atoms. The predicted molar refractivity (Wildman–Crippen MR) is 98.5 cm³/mol. The van der Waals surface area contributed by atoms with Crippen LogP contribution >= 0.6 is 0 Å². The summed E-state index contributed by atoms with van der Waals surface area (Å²) in [6.45, 7) is -0.191. The number of nitrogens with two attached hydrogens (primary N) is 1. The van der Waals surface area contributed by atoms with Crippen molar-refractivity contribution >= 4 is 22.8 Å². The van der Waals surface area contributed by atoms with E-state index in [9.17, 15) is 9.59 Å². The summed E-state index contributed by atoms with van der Waals surface area (Å²) in [5.41, 5.74) is 6.96. The maximum absolute atomic E-state index is 12.4. The van der Waals surface area contributed by atoms with Gasteiger partial charge in [-0.1, -0.05) is 24.3 Å². The molecule has 2 N–H and O–H groups in total. The lowest BCUT2D eigenvalue weighted by atomic mass is 10.1. The Morgan fingerprint density at radius 1 is 1.07 bits per heavy atom. The first-order valence-electron chi connectivity index (χ1n) is 8.17. The molecule has 0 aliphatic carbocycles. The highest BCUT2D eigenvalue weighted by atomic mass is 16.5. The fourth-order valence-corrected chi connectivity index (χ4v) is 2.57. The van der Waals surface area contributed by atoms with Crippen molar-refractivity contribution in [1.29, 1.82) is 0 Å². The standard InChI is InChI=1S/C20H18N2O5/c1-25-17-10-14(7-8-16(17)26-12-18(21)23)20(24)27-11-15-5-2-4-13-6-3-9-22-19(13)15/h2-10H,11-12H2,1H3,(H2,21,23). The van der Waals surface area contributed by atoms with Gasteiger partial charge in [0.2, 0.25) is 0 Å². The molecule has 0 aliphatic heterocycles. The van der Waals surface area contributed by atoms with Crippen LogP contribution in [0.25, 0.3) is 10.9 Å². The van der Waals surface area contributed by atoms with E-state index in [-0.39, 0.29) is 13.2 Å². The van der Waals surface area contributed by atoms with E-state index in [0.717, 1.165) is 16.5 Å². The number of benzene rings is 2. The molecule has 0 saturated heterocycles. The Morgan fingerprint density at radius 2 is 1.89 bits per heavy atom. The van der Waals surface area contributed by atoms with Gasteiger partial charge in [-0.2, -0.15) is 0 Å². The zero-order chi connectivity index (χ0) is 19.2. The number of ether oxygens (including phenoxy) is 3. The van der Waals surface area contributed by atoms with E-state index in [1.165, 1.54) is 25.3 Å². The molecule has 0 unspecified atom stereocenters. The third kappa shape index (κ3) is 4.33. The first kappa shape index (κ1) is 18.2. The monoisotopic (exact) mass is 366 g/mol. The number of hydrogen-bond acceptors (Lipinski definition) is 6. The van der Waals surface area contributed by atoms with Crippen LogP contribution < -0.4 is 15.2 Å². The van der Waals surface area contributed by atoms with Crippen LogP contribution in [0.4, 0.5) is 0 Å². The van der Waals surface area contributed by atoms with Gasteiger partial charge in [0.1, 0.15) is 6.61 Å². The summed E-state index contributed by atoms with van der Waals surface area (Å²) in [5.74, 6) is -0.504. The van der Waals surface area contributed by atoms with E-state index in [1.807, 2.05) is 30.3 Å². The molecule has 0 radical (unpaired) electrons. The molecule has 0 aliphatic rings. The summed E-state index contributed by atoms with van der Waals surface area (Å²) >= 11 is 0. The highest BCUT2D eigenvalue weighted by Crippen LogP contribution is 2.28. The van der Waals surface area contributed by atoms with E-state index in [2.05, 4.69) is 4.98 Å². The molecule has 3 rings (SSSR count). The Labute approximate surface area is 155 Å². The Balaban J connectivity index is 1.73. The minimum atomic E-state index is -0.607. The van der Waals surface area contributed by atoms with Crippen LogP contribution in [-0.2, 0) is 16.1 Å². The molecule has 1 amide bonds. The summed E-state index contributed by atoms with van der Waals surface area (Å²) in [6, 6.07) is 14.0. The fraction of sp³-hybridized carbons (Fsp3) is 0.150. The van der Waals surface area contributed by atoms with Gasteiger partial charge in [0, 0.05) is 17.1 Å². The topological polar surface area (TPSA) is 101 Å². The average molecular weight is 366 g/mol. The third-order valence-corrected chi connectivity index (χ3v) is 3.84. The van der Waals surface area contributed by atoms with Crippen LogP contribution in [0.15, 0.2) is 54.7 Å². The van der Waals surface area contributed by atoms with Crippen LogP contribution in [0.5, 0.6) is 11.5 Å². The average Bonchev–Trinajstić information content (AvgIpc) is 2.70. The van der Waals surface area contributed by atoms with Crippen LogP contribution in [0, 0.1) is 0 Å². The zero-order valence-electron chi connectivity index (χ0n) is 14.7. The molecule has 3 aromatic rings. The molecule has 7 nitrogen and oxygen atoms in total. The number of fused-ring (bicyclic) bond motifs is 1. The van der Waals surface area contributed by atoms with Crippen molar-refractivity contribution in [1.82, 2.24) is 4.98 Å². The maximum Gasteiger partial charge on any atom is 0.338 e. The molecule has 7 heteroatoms. The highest BCUT2D eigenvalue weighted by Gasteiger charge is 2.14. The number of methoxy groups -OCH3 is 1. The van der Waals surface area contributed by atoms with Crippen molar-refractivity contribution in [2.24, 2.45) is 5.73 Å². The van der Waals surface area contributed by atoms with Gasteiger partial charge in [-0.3, -0.25) is 9.78 Å². The lowest BCUT2D eigenvalue weighted by Gasteiger charge is -2.11. The number of pyridine rings is 1. The number of nitrogens with zero attached hydrogens (tertiary/aromatic N) is 1. The van der Waals surface area contributed by atoms with Crippen molar-refractivity contribution < 1.29 is 23.8 Å². The van der Waals surface area contributed by atoms with E-state index >= 15 is 0 Å². The van der Waals surface area contributed by atoms with Crippen molar-refractivity contribution in [2.45, 2.75) is 6.61 Å². The maximum atomic E-state index is 12.4. The minimum absolute atomic E-state index is 0.0927. The number of esters is 1. The molecule has 1 heterocycles. The molecule has 0 bridgehead atoms. The van der Waals surface area contributed by atoms with Gasteiger partial charge in [0.15, 0.2) is 18.1 Å². The van der Waals surface area contributed by atoms with Crippen molar-refractivity contribution in [3.63, 3.8) is 0 Å². The second-order valence-corrected chi connectivity index (χ2v) is 5.69. The van der Waals surface area contributed by atoms with Crippen LogP contribution in [-0.4, -0.2) is 30.6 Å². The number of carbonyl (C=O) groups is 2. The van der Waals surface area contributed by atoms with Gasteiger partial charge >= 0.3 is 5.97 Å². The van der Waals surface area contributed by atoms with Gasteiger partial charge in [-0.25, -0.2) is 4.79 Å². The summed E-state index contributed by atoms with van der Waals surface area (Å²) < 4.78 is 15.8. The molecule has 2 aromatic carbocycles.